The number of aryl methyl sites for hydroxylation is 1. The first-order valence-electron chi connectivity index (χ1n) is 9.85. The highest BCUT2D eigenvalue weighted by molar-refractivity contribution is 7.10. The van der Waals surface area contributed by atoms with Gasteiger partial charge in [-0.05, 0) is 48.1 Å². The number of hydrogen-bond acceptors (Lipinski definition) is 7. The second-order valence-corrected chi connectivity index (χ2v) is 10.5. The van der Waals surface area contributed by atoms with Crippen molar-refractivity contribution >= 4 is 17.2 Å². The predicted molar refractivity (Wildman–Crippen MR) is 106 cm³/mol. The van der Waals surface area contributed by atoms with Gasteiger partial charge in [-0.15, -0.1) is 11.3 Å². The molecule has 1 saturated carbocycles. The largest absolute Gasteiger partial charge is 0.447 e. The summed E-state index contributed by atoms with van der Waals surface area (Å²) < 4.78 is 12.5. The van der Waals surface area contributed by atoms with Gasteiger partial charge in [-0.3, -0.25) is 5.41 Å². The maximum atomic E-state index is 10.4. The summed E-state index contributed by atoms with van der Waals surface area (Å²) in [6, 6.07) is 8.46. The topological polar surface area (TPSA) is 114 Å². The molecule has 150 valence electrons. The minimum Gasteiger partial charge on any atom is -0.447 e. The molecule has 2 saturated heterocycles. The Balaban J connectivity index is 1.96. The lowest BCUT2D eigenvalue weighted by Crippen LogP contribution is -2.61. The Bertz CT molecular complexity index is 990. The number of nitrogens with one attached hydrogen (secondary N) is 1. The lowest BCUT2D eigenvalue weighted by Gasteiger charge is -2.54. The molecule has 0 radical (unpaired) electrons. The molecular weight excluding hydrogens is 384 g/mol. The van der Waals surface area contributed by atoms with Crippen molar-refractivity contribution < 1.29 is 9.47 Å². The van der Waals surface area contributed by atoms with Crippen LogP contribution in [0, 0.1) is 74.4 Å². The summed E-state index contributed by atoms with van der Waals surface area (Å²) in [5, 5.41) is 41.6. The van der Waals surface area contributed by atoms with Gasteiger partial charge in [-0.1, -0.05) is 20.8 Å². The molecular formula is C22H24N4O2S. The van der Waals surface area contributed by atoms with E-state index < -0.39 is 28.6 Å². The van der Waals surface area contributed by atoms with E-state index in [0.29, 0.717) is 12.8 Å². The highest BCUT2D eigenvalue weighted by Gasteiger charge is 2.81. The lowest BCUT2D eigenvalue weighted by molar-refractivity contribution is -0.301. The molecule has 5 unspecified atom stereocenters. The molecule has 1 aliphatic carbocycles. The van der Waals surface area contributed by atoms with Crippen LogP contribution in [-0.4, -0.2) is 11.7 Å². The molecule has 3 fully saturated rings. The number of thiophene rings is 1. The number of hydrogen-bond donors (Lipinski definition) is 1. The van der Waals surface area contributed by atoms with E-state index in [4.69, 9.17) is 14.9 Å². The monoisotopic (exact) mass is 408 g/mol. The third-order valence-corrected chi connectivity index (χ3v) is 8.34. The number of nitrogens with zero attached hydrogens (tertiary/aromatic N) is 3. The molecule has 2 aliphatic heterocycles. The molecule has 0 amide bonds. The quantitative estimate of drug-likeness (QED) is 0.714. The fourth-order valence-electron chi connectivity index (χ4n) is 5.51. The van der Waals surface area contributed by atoms with Crippen LogP contribution in [0.4, 0.5) is 0 Å². The highest BCUT2D eigenvalue weighted by Crippen LogP contribution is 2.71. The van der Waals surface area contributed by atoms with Crippen molar-refractivity contribution in [1.82, 2.24) is 0 Å². The van der Waals surface area contributed by atoms with E-state index in [-0.39, 0.29) is 17.2 Å². The van der Waals surface area contributed by atoms with E-state index in [9.17, 15) is 15.8 Å². The van der Waals surface area contributed by atoms with E-state index in [1.54, 1.807) is 0 Å². The molecule has 3 aliphatic rings. The van der Waals surface area contributed by atoms with Crippen LogP contribution in [0.1, 0.15) is 56.6 Å². The van der Waals surface area contributed by atoms with Crippen LogP contribution in [0.2, 0.25) is 0 Å². The van der Waals surface area contributed by atoms with Crippen LogP contribution in [0.5, 0.6) is 0 Å². The SMILES string of the molecule is Cc1ccsc1C1OC23CCC(C(C)(C)C)CC2C(C#N)(C(=N)O3)C1(C#N)C#N. The van der Waals surface area contributed by atoms with Gasteiger partial charge in [0.1, 0.15) is 6.10 Å². The van der Waals surface area contributed by atoms with Gasteiger partial charge in [0.15, 0.2) is 5.41 Å². The van der Waals surface area contributed by atoms with Gasteiger partial charge >= 0.3 is 0 Å². The van der Waals surface area contributed by atoms with Crippen molar-refractivity contribution in [2.24, 2.45) is 28.1 Å². The second kappa shape index (κ2) is 6.05. The summed E-state index contributed by atoms with van der Waals surface area (Å²) in [7, 11) is 0. The molecule has 6 nitrogen and oxygen atoms in total. The maximum Gasteiger partial charge on any atom is 0.217 e. The Morgan fingerprint density at radius 1 is 1.21 bits per heavy atom. The van der Waals surface area contributed by atoms with Gasteiger partial charge in [0.05, 0.1) is 24.1 Å². The molecule has 1 N–H and O–H groups in total. The molecule has 7 heteroatoms. The smallest absolute Gasteiger partial charge is 0.217 e. The molecule has 1 aromatic heterocycles. The minimum atomic E-state index is -1.85. The van der Waals surface area contributed by atoms with Gasteiger partial charge in [0.25, 0.3) is 0 Å². The van der Waals surface area contributed by atoms with Crippen molar-refractivity contribution in [1.29, 1.82) is 21.2 Å². The van der Waals surface area contributed by atoms with E-state index in [0.717, 1.165) is 16.9 Å². The van der Waals surface area contributed by atoms with E-state index in [1.807, 2.05) is 18.4 Å². The second-order valence-electron chi connectivity index (χ2n) is 9.55. The first-order valence-corrected chi connectivity index (χ1v) is 10.7. The zero-order valence-electron chi connectivity index (χ0n) is 17.1. The molecule has 1 aromatic rings. The van der Waals surface area contributed by atoms with Crippen LogP contribution in [-0.2, 0) is 9.47 Å². The summed E-state index contributed by atoms with van der Waals surface area (Å²) in [6.45, 7) is 8.38. The lowest BCUT2D eigenvalue weighted by atomic mass is 9.50. The highest BCUT2D eigenvalue weighted by atomic mass is 32.1. The van der Waals surface area contributed by atoms with Crippen molar-refractivity contribution in [3.8, 4) is 18.2 Å². The van der Waals surface area contributed by atoms with Crippen molar-refractivity contribution in [3.05, 3.63) is 21.9 Å². The van der Waals surface area contributed by atoms with Crippen molar-refractivity contribution in [2.75, 3.05) is 0 Å². The van der Waals surface area contributed by atoms with Gasteiger partial charge in [-0.25, -0.2) is 0 Å². The summed E-state index contributed by atoms with van der Waals surface area (Å²) in [5.41, 5.74) is -2.59. The average Bonchev–Trinajstić information content (AvgIpc) is 3.18. The molecule has 29 heavy (non-hydrogen) atoms. The summed E-state index contributed by atoms with van der Waals surface area (Å²) >= 11 is 1.41. The van der Waals surface area contributed by atoms with Crippen LogP contribution in [0.15, 0.2) is 11.4 Å². The standard InChI is InChI=1S/C22H24N4O2S/c1-13-6-8-29-16(13)17-20(10-23,11-24)21(12-25)15-9-14(19(2,3)4)5-7-22(15,27-17)28-18(21)26/h6,8,14-15,17,26H,5,7,9H2,1-4H3. The molecule has 0 spiro atoms. The number of nitriles is 3. The molecule has 2 bridgehead atoms. The fourth-order valence-corrected chi connectivity index (χ4v) is 6.53. The average molecular weight is 409 g/mol. The normalized spacial score (nSPS) is 37.6. The van der Waals surface area contributed by atoms with Gasteiger partial charge in [0.2, 0.25) is 17.1 Å². The summed E-state index contributed by atoms with van der Waals surface area (Å²) in [6.07, 6.45) is 1.04. The first-order chi connectivity index (χ1) is 13.6. The van der Waals surface area contributed by atoms with E-state index in [1.165, 1.54) is 11.3 Å². The minimum absolute atomic E-state index is 0.00300. The summed E-state index contributed by atoms with van der Waals surface area (Å²) in [4.78, 5) is 0.752. The van der Waals surface area contributed by atoms with Crippen LogP contribution in [0.25, 0.3) is 0 Å². The Labute approximate surface area is 175 Å². The van der Waals surface area contributed by atoms with Gasteiger partial charge in [-0.2, -0.15) is 15.8 Å². The Morgan fingerprint density at radius 3 is 2.41 bits per heavy atom. The zero-order valence-corrected chi connectivity index (χ0v) is 17.9. The molecule has 5 atom stereocenters. The summed E-state index contributed by atoms with van der Waals surface area (Å²) in [5.74, 6) is -1.67. The first kappa shape index (κ1) is 19.9. The molecule has 0 aromatic carbocycles. The molecule has 4 rings (SSSR count). The zero-order chi connectivity index (χ0) is 21.2. The van der Waals surface area contributed by atoms with Gasteiger partial charge in [0, 0.05) is 11.3 Å². The Kier molecular flexibility index (Phi) is 4.15. The number of ether oxygens (including phenoxy) is 2. The third-order valence-electron chi connectivity index (χ3n) is 7.27. The van der Waals surface area contributed by atoms with Crippen molar-refractivity contribution in [3.63, 3.8) is 0 Å². The number of rotatable bonds is 1. The Hall–Kier alpha value is -2.40. The Morgan fingerprint density at radius 2 is 1.90 bits per heavy atom. The predicted octanol–water partition coefficient (Wildman–Crippen LogP) is 4.84. The fraction of sp³-hybridized carbons (Fsp3) is 0.636. The van der Waals surface area contributed by atoms with E-state index in [2.05, 4.69) is 39.0 Å². The maximum absolute atomic E-state index is 10.4. The van der Waals surface area contributed by atoms with Crippen molar-refractivity contribution in [2.45, 2.75) is 58.8 Å². The third kappa shape index (κ3) is 2.25. The van der Waals surface area contributed by atoms with Gasteiger partial charge < -0.3 is 9.47 Å². The molecule has 3 heterocycles. The van der Waals surface area contributed by atoms with E-state index >= 15 is 0 Å². The van der Waals surface area contributed by atoms with Crippen LogP contribution in [0.3, 0.4) is 0 Å². The van der Waals surface area contributed by atoms with Crippen LogP contribution < -0.4 is 0 Å². The van der Waals surface area contributed by atoms with Crippen LogP contribution >= 0.6 is 11.3 Å².